The van der Waals surface area contributed by atoms with Gasteiger partial charge in [0.2, 0.25) is 0 Å². The molecule has 0 aromatic heterocycles. The second kappa shape index (κ2) is 7.93. The fourth-order valence-electron chi connectivity index (χ4n) is 2.24. The van der Waals surface area contributed by atoms with Crippen LogP contribution < -0.4 is 10.5 Å². The van der Waals surface area contributed by atoms with Crippen LogP contribution in [0.15, 0.2) is 54.6 Å². The summed E-state index contributed by atoms with van der Waals surface area (Å²) >= 11 is 6.22. The Morgan fingerprint density at radius 3 is 2.40 bits per heavy atom. The average molecular weight is 290 g/mol. The molecular formula is C17H20ClNO. The third-order valence-corrected chi connectivity index (χ3v) is 3.68. The van der Waals surface area contributed by atoms with Crippen LogP contribution in [0, 0.1) is 0 Å². The Labute approximate surface area is 125 Å². The van der Waals surface area contributed by atoms with Crippen LogP contribution in [-0.2, 0) is 0 Å². The Bertz CT molecular complexity index is 515. The summed E-state index contributed by atoms with van der Waals surface area (Å²) < 4.78 is 5.69. The van der Waals surface area contributed by atoms with E-state index in [4.69, 9.17) is 22.1 Å². The molecule has 106 valence electrons. The van der Waals surface area contributed by atoms with Gasteiger partial charge in [0, 0.05) is 5.02 Å². The van der Waals surface area contributed by atoms with Crippen molar-refractivity contribution < 1.29 is 4.74 Å². The number of hydrogen-bond donors (Lipinski definition) is 1. The molecule has 2 aromatic carbocycles. The molecule has 3 heteroatoms. The van der Waals surface area contributed by atoms with Crippen molar-refractivity contribution >= 4 is 11.6 Å². The first-order chi connectivity index (χ1) is 9.81. The fraction of sp³-hybridized carbons (Fsp3) is 0.294. The van der Waals surface area contributed by atoms with Crippen molar-refractivity contribution in [3.63, 3.8) is 0 Å². The standard InChI is InChI=1S/C17H20ClNO/c18-17-11-5-4-10-16(17)14(13-19)7-6-12-20-15-8-2-1-3-9-15/h1-5,8-11,14H,6-7,12-13,19H2. The summed E-state index contributed by atoms with van der Waals surface area (Å²) in [7, 11) is 0. The van der Waals surface area contributed by atoms with Crippen LogP contribution in [0.4, 0.5) is 0 Å². The molecule has 0 bridgehead atoms. The van der Waals surface area contributed by atoms with Crippen molar-refractivity contribution in [2.24, 2.45) is 5.73 Å². The van der Waals surface area contributed by atoms with Gasteiger partial charge in [-0.1, -0.05) is 48.0 Å². The van der Waals surface area contributed by atoms with E-state index in [9.17, 15) is 0 Å². The zero-order chi connectivity index (χ0) is 14.2. The largest absolute Gasteiger partial charge is 0.494 e. The minimum Gasteiger partial charge on any atom is -0.494 e. The maximum Gasteiger partial charge on any atom is 0.119 e. The second-order valence-corrected chi connectivity index (χ2v) is 5.17. The molecule has 0 spiro atoms. The smallest absolute Gasteiger partial charge is 0.119 e. The van der Waals surface area contributed by atoms with Gasteiger partial charge in [-0.15, -0.1) is 0 Å². The lowest BCUT2D eigenvalue weighted by Crippen LogP contribution is -2.14. The molecule has 2 nitrogen and oxygen atoms in total. The molecule has 0 heterocycles. The van der Waals surface area contributed by atoms with Crippen molar-refractivity contribution in [1.29, 1.82) is 0 Å². The first-order valence-electron chi connectivity index (χ1n) is 6.93. The van der Waals surface area contributed by atoms with Crippen LogP contribution in [0.2, 0.25) is 5.02 Å². The quantitative estimate of drug-likeness (QED) is 0.774. The van der Waals surface area contributed by atoms with Gasteiger partial charge in [-0.05, 0) is 49.1 Å². The third kappa shape index (κ3) is 4.26. The Morgan fingerprint density at radius 2 is 1.70 bits per heavy atom. The van der Waals surface area contributed by atoms with Gasteiger partial charge < -0.3 is 10.5 Å². The maximum absolute atomic E-state index is 6.22. The topological polar surface area (TPSA) is 35.2 Å². The lowest BCUT2D eigenvalue weighted by Gasteiger charge is -2.16. The first-order valence-corrected chi connectivity index (χ1v) is 7.31. The normalized spacial score (nSPS) is 12.1. The van der Waals surface area contributed by atoms with Crippen molar-refractivity contribution in [2.45, 2.75) is 18.8 Å². The number of nitrogens with two attached hydrogens (primary N) is 1. The molecule has 0 saturated carbocycles. The molecule has 0 aliphatic heterocycles. The van der Waals surface area contributed by atoms with Gasteiger partial charge in [0.25, 0.3) is 0 Å². The van der Waals surface area contributed by atoms with E-state index in [1.165, 1.54) is 0 Å². The van der Waals surface area contributed by atoms with Crippen LogP contribution in [0.1, 0.15) is 24.3 Å². The minimum atomic E-state index is 0.295. The van der Waals surface area contributed by atoms with Crippen LogP contribution in [-0.4, -0.2) is 13.2 Å². The SMILES string of the molecule is NCC(CCCOc1ccccc1)c1ccccc1Cl. The minimum absolute atomic E-state index is 0.295. The maximum atomic E-state index is 6.22. The molecule has 0 amide bonds. The summed E-state index contributed by atoms with van der Waals surface area (Å²) in [5.41, 5.74) is 7.00. The summed E-state index contributed by atoms with van der Waals surface area (Å²) in [6.07, 6.45) is 1.94. The van der Waals surface area contributed by atoms with Gasteiger partial charge >= 0.3 is 0 Å². The van der Waals surface area contributed by atoms with E-state index in [1.54, 1.807) is 0 Å². The molecule has 0 radical (unpaired) electrons. The summed E-state index contributed by atoms with van der Waals surface area (Å²) in [4.78, 5) is 0. The molecule has 20 heavy (non-hydrogen) atoms. The molecule has 0 aliphatic carbocycles. The van der Waals surface area contributed by atoms with Gasteiger partial charge in [0.05, 0.1) is 6.61 Å². The zero-order valence-electron chi connectivity index (χ0n) is 11.5. The highest BCUT2D eigenvalue weighted by Crippen LogP contribution is 2.27. The highest BCUT2D eigenvalue weighted by molar-refractivity contribution is 6.31. The molecule has 2 aromatic rings. The Kier molecular flexibility index (Phi) is 5.90. The van der Waals surface area contributed by atoms with Crippen molar-refractivity contribution in [1.82, 2.24) is 0 Å². The van der Waals surface area contributed by atoms with Crippen molar-refractivity contribution in [2.75, 3.05) is 13.2 Å². The number of rotatable bonds is 7. The predicted molar refractivity (Wildman–Crippen MR) is 84.4 cm³/mol. The highest BCUT2D eigenvalue weighted by Gasteiger charge is 2.12. The number of halogens is 1. The third-order valence-electron chi connectivity index (χ3n) is 3.34. The second-order valence-electron chi connectivity index (χ2n) is 4.76. The highest BCUT2D eigenvalue weighted by atomic mass is 35.5. The van der Waals surface area contributed by atoms with Crippen LogP contribution >= 0.6 is 11.6 Å². The van der Waals surface area contributed by atoms with E-state index in [0.717, 1.165) is 29.2 Å². The fourth-order valence-corrected chi connectivity index (χ4v) is 2.53. The van der Waals surface area contributed by atoms with Gasteiger partial charge in [-0.25, -0.2) is 0 Å². The number of hydrogen-bond acceptors (Lipinski definition) is 2. The molecule has 0 fully saturated rings. The Morgan fingerprint density at radius 1 is 1.00 bits per heavy atom. The summed E-state index contributed by atoms with van der Waals surface area (Å²) in [6, 6.07) is 17.8. The Balaban J connectivity index is 1.81. The van der Waals surface area contributed by atoms with E-state index in [-0.39, 0.29) is 0 Å². The summed E-state index contributed by atoms with van der Waals surface area (Å²) in [6.45, 7) is 1.31. The molecule has 1 atom stereocenters. The van der Waals surface area contributed by atoms with E-state index in [1.807, 2.05) is 48.5 Å². The molecule has 1 unspecified atom stereocenters. The van der Waals surface area contributed by atoms with Gasteiger partial charge in [-0.3, -0.25) is 0 Å². The van der Waals surface area contributed by atoms with Gasteiger partial charge in [0.15, 0.2) is 0 Å². The van der Waals surface area contributed by atoms with Crippen molar-refractivity contribution in [3.8, 4) is 5.75 Å². The number of benzene rings is 2. The average Bonchev–Trinajstić information content (AvgIpc) is 2.50. The lowest BCUT2D eigenvalue weighted by atomic mass is 9.94. The van der Waals surface area contributed by atoms with Crippen LogP contribution in [0.25, 0.3) is 0 Å². The van der Waals surface area contributed by atoms with E-state index < -0.39 is 0 Å². The predicted octanol–water partition coefficient (Wildman–Crippen LogP) is 4.24. The molecular weight excluding hydrogens is 270 g/mol. The number of ether oxygens (including phenoxy) is 1. The molecule has 0 aliphatic rings. The monoisotopic (exact) mass is 289 g/mol. The first kappa shape index (κ1) is 14.9. The molecule has 0 saturated heterocycles. The van der Waals surface area contributed by atoms with Gasteiger partial charge in [-0.2, -0.15) is 0 Å². The summed E-state index contributed by atoms with van der Waals surface area (Å²) in [5.74, 6) is 1.21. The van der Waals surface area contributed by atoms with Crippen LogP contribution in [0.3, 0.4) is 0 Å². The van der Waals surface area contributed by atoms with Crippen molar-refractivity contribution in [3.05, 3.63) is 65.2 Å². The number of para-hydroxylation sites is 1. The molecule has 2 N–H and O–H groups in total. The van der Waals surface area contributed by atoms with E-state index >= 15 is 0 Å². The lowest BCUT2D eigenvalue weighted by molar-refractivity contribution is 0.302. The molecule has 2 rings (SSSR count). The van der Waals surface area contributed by atoms with E-state index in [2.05, 4.69) is 6.07 Å². The van der Waals surface area contributed by atoms with Gasteiger partial charge in [0.1, 0.15) is 5.75 Å². The summed E-state index contributed by atoms with van der Waals surface area (Å²) in [5, 5.41) is 0.798. The Hall–Kier alpha value is -1.51. The van der Waals surface area contributed by atoms with Crippen LogP contribution in [0.5, 0.6) is 5.75 Å². The van der Waals surface area contributed by atoms with E-state index in [0.29, 0.717) is 19.1 Å². The zero-order valence-corrected chi connectivity index (χ0v) is 12.2.